The summed E-state index contributed by atoms with van der Waals surface area (Å²) in [6.07, 6.45) is 0.117. The van der Waals surface area contributed by atoms with Gasteiger partial charge >= 0.3 is 6.03 Å². The van der Waals surface area contributed by atoms with Crippen LogP contribution in [0.5, 0.6) is 5.75 Å². The maximum absolute atomic E-state index is 12.3. The van der Waals surface area contributed by atoms with Crippen molar-refractivity contribution in [1.82, 2.24) is 10.2 Å². The molecule has 134 valence electrons. The molecule has 1 heterocycles. The highest BCUT2D eigenvalue weighted by Crippen LogP contribution is 2.22. The number of nitrogens with zero attached hydrogens (tertiary/aromatic N) is 1. The molecule has 4 amide bonds. The summed E-state index contributed by atoms with van der Waals surface area (Å²) < 4.78 is 5.05. The molecule has 2 aromatic carbocycles. The molecule has 1 unspecified atom stereocenters. The van der Waals surface area contributed by atoms with Gasteiger partial charge in [0.2, 0.25) is 11.8 Å². The van der Waals surface area contributed by atoms with Crippen molar-refractivity contribution in [2.45, 2.75) is 12.5 Å². The third kappa shape index (κ3) is 4.00. The van der Waals surface area contributed by atoms with Gasteiger partial charge in [-0.1, -0.05) is 30.3 Å². The largest absolute Gasteiger partial charge is 0.497 e. The van der Waals surface area contributed by atoms with Gasteiger partial charge in [0.05, 0.1) is 19.6 Å². The van der Waals surface area contributed by atoms with E-state index >= 15 is 0 Å². The third-order valence-corrected chi connectivity index (χ3v) is 4.10. The fraction of sp³-hybridized carbons (Fsp3) is 0.211. The van der Waals surface area contributed by atoms with Crippen LogP contribution in [0.3, 0.4) is 0 Å². The SMILES string of the molecule is COc1ccc(NC(=O)CN2C(=O)CC(c3ccccc3)NC2=O)cc1. The van der Waals surface area contributed by atoms with Crippen molar-refractivity contribution >= 4 is 23.5 Å². The van der Waals surface area contributed by atoms with E-state index in [0.29, 0.717) is 11.4 Å². The van der Waals surface area contributed by atoms with Crippen molar-refractivity contribution in [2.75, 3.05) is 19.0 Å². The van der Waals surface area contributed by atoms with E-state index in [0.717, 1.165) is 10.5 Å². The molecule has 1 fully saturated rings. The molecule has 26 heavy (non-hydrogen) atoms. The molecule has 0 spiro atoms. The van der Waals surface area contributed by atoms with E-state index in [-0.39, 0.29) is 24.9 Å². The zero-order valence-electron chi connectivity index (χ0n) is 14.3. The molecule has 1 aliphatic heterocycles. The van der Waals surface area contributed by atoms with Crippen molar-refractivity contribution < 1.29 is 19.1 Å². The molecule has 1 saturated heterocycles. The van der Waals surface area contributed by atoms with Crippen LogP contribution in [0.25, 0.3) is 0 Å². The zero-order chi connectivity index (χ0) is 18.5. The maximum atomic E-state index is 12.3. The van der Waals surface area contributed by atoms with E-state index in [9.17, 15) is 14.4 Å². The van der Waals surface area contributed by atoms with Crippen LogP contribution in [0.2, 0.25) is 0 Å². The number of carbonyl (C=O) groups excluding carboxylic acids is 3. The number of hydrogen-bond acceptors (Lipinski definition) is 4. The first-order chi connectivity index (χ1) is 12.6. The molecular weight excluding hydrogens is 334 g/mol. The summed E-state index contributed by atoms with van der Waals surface area (Å²) in [7, 11) is 1.55. The minimum Gasteiger partial charge on any atom is -0.497 e. The van der Waals surface area contributed by atoms with E-state index in [1.165, 1.54) is 0 Å². The summed E-state index contributed by atoms with van der Waals surface area (Å²) >= 11 is 0. The summed E-state index contributed by atoms with van der Waals surface area (Å²) in [5.41, 5.74) is 1.42. The van der Waals surface area contributed by atoms with E-state index in [4.69, 9.17) is 4.74 Å². The number of imide groups is 1. The highest BCUT2D eigenvalue weighted by atomic mass is 16.5. The predicted molar refractivity (Wildman–Crippen MR) is 95.7 cm³/mol. The minimum atomic E-state index is -0.569. The van der Waals surface area contributed by atoms with Crippen LogP contribution in [0.15, 0.2) is 54.6 Å². The molecule has 2 aromatic rings. The lowest BCUT2D eigenvalue weighted by Crippen LogP contribution is -2.53. The van der Waals surface area contributed by atoms with Gasteiger partial charge in [-0.15, -0.1) is 0 Å². The van der Waals surface area contributed by atoms with Crippen LogP contribution >= 0.6 is 0 Å². The number of urea groups is 1. The van der Waals surface area contributed by atoms with Crippen molar-refractivity contribution in [2.24, 2.45) is 0 Å². The summed E-state index contributed by atoms with van der Waals surface area (Å²) in [6.45, 7) is -0.335. The fourth-order valence-corrected chi connectivity index (χ4v) is 2.74. The Morgan fingerprint density at radius 1 is 1.15 bits per heavy atom. The second-order valence-electron chi connectivity index (χ2n) is 5.87. The van der Waals surface area contributed by atoms with Gasteiger partial charge in [0.1, 0.15) is 12.3 Å². The average Bonchev–Trinajstić information content (AvgIpc) is 2.66. The Morgan fingerprint density at radius 3 is 2.46 bits per heavy atom. The molecule has 0 saturated carbocycles. The lowest BCUT2D eigenvalue weighted by atomic mass is 10.0. The predicted octanol–water partition coefficient (Wildman–Crippen LogP) is 2.32. The van der Waals surface area contributed by atoms with Crippen LogP contribution in [0, 0.1) is 0 Å². The van der Waals surface area contributed by atoms with Gasteiger partial charge in [-0.25, -0.2) is 4.79 Å². The Kier molecular flexibility index (Phi) is 5.17. The standard InChI is InChI=1S/C19H19N3O4/c1-26-15-9-7-14(8-10-15)20-17(23)12-22-18(24)11-16(21-19(22)25)13-5-3-2-4-6-13/h2-10,16H,11-12H2,1H3,(H,20,23)(H,21,25). The third-order valence-electron chi connectivity index (χ3n) is 4.10. The second-order valence-corrected chi connectivity index (χ2v) is 5.87. The molecule has 7 heteroatoms. The fourth-order valence-electron chi connectivity index (χ4n) is 2.74. The van der Waals surface area contributed by atoms with Gasteiger partial charge in [-0.3, -0.25) is 14.5 Å². The van der Waals surface area contributed by atoms with E-state index in [1.807, 2.05) is 30.3 Å². The number of methoxy groups -OCH3 is 1. The van der Waals surface area contributed by atoms with Crippen LogP contribution in [0.4, 0.5) is 10.5 Å². The quantitative estimate of drug-likeness (QED) is 0.863. The van der Waals surface area contributed by atoms with E-state index in [1.54, 1.807) is 31.4 Å². The number of benzene rings is 2. The Balaban J connectivity index is 1.60. The van der Waals surface area contributed by atoms with Gasteiger partial charge in [0, 0.05) is 5.69 Å². The van der Waals surface area contributed by atoms with Crippen LogP contribution in [-0.4, -0.2) is 36.4 Å². The molecule has 7 nitrogen and oxygen atoms in total. The number of carbonyl (C=O) groups is 3. The van der Waals surface area contributed by atoms with Gasteiger partial charge in [-0.2, -0.15) is 0 Å². The van der Waals surface area contributed by atoms with E-state index in [2.05, 4.69) is 10.6 Å². The zero-order valence-corrected chi connectivity index (χ0v) is 14.3. The molecule has 0 aliphatic carbocycles. The lowest BCUT2D eigenvalue weighted by Gasteiger charge is -2.31. The Labute approximate surface area is 150 Å². The number of rotatable bonds is 5. The number of ether oxygens (including phenoxy) is 1. The smallest absolute Gasteiger partial charge is 0.325 e. The van der Waals surface area contributed by atoms with Crippen molar-refractivity contribution in [3.8, 4) is 5.75 Å². The second kappa shape index (κ2) is 7.69. The van der Waals surface area contributed by atoms with E-state index < -0.39 is 11.9 Å². The highest BCUT2D eigenvalue weighted by Gasteiger charge is 2.33. The molecule has 0 aromatic heterocycles. The molecule has 0 bridgehead atoms. The van der Waals surface area contributed by atoms with Crippen molar-refractivity contribution in [3.63, 3.8) is 0 Å². The van der Waals surface area contributed by atoms with Crippen molar-refractivity contribution in [1.29, 1.82) is 0 Å². The Morgan fingerprint density at radius 2 is 1.85 bits per heavy atom. The number of hydrogen-bond donors (Lipinski definition) is 2. The monoisotopic (exact) mass is 353 g/mol. The van der Waals surface area contributed by atoms with Crippen LogP contribution in [0.1, 0.15) is 18.0 Å². The van der Waals surface area contributed by atoms with Crippen LogP contribution in [-0.2, 0) is 9.59 Å². The Bertz CT molecular complexity index is 787. The minimum absolute atomic E-state index is 0.117. The first kappa shape index (κ1) is 17.5. The summed E-state index contributed by atoms with van der Waals surface area (Å²) in [5.74, 6) is -0.162. The summed E-state index contributed by atoms with van der Waals surface area (Å²) in [5, 5.41) is 5.42. The molecule has 0 radical (unpaired) electrons. The number of amides is 4. The molecule has 1 atom stereocenters. The first-order valence-electron chi connectivity index (χ1n) is 8.16. The normalized spacial score (nSPS) is 16.8. The molecule has 2 N–H and O–H groups in total. The topological polar surface area (TPSA) is 87.7 Å². The van der Waals surface area contributed by atoms with Gasteiger partial charge < -0.3 is 15.4 Å². The van der Waals surface area contributed by atoms with Gasteiger partial charge in [0.25, 0.3) is 0 Å². The highest BCUT2D eigenvalue weighted by molar-refractivity contribution is 6.03. The van der Waals surface area contributed by atoms with Gasteiger partial charge in [0.15, 0.2) is 0 Å². The maximum Gasteiger partial charge on any atom is 0.325 e. The van der Waals surface area contributed by atoms with Gasteiger partial charge in [-0.05, 0) is 29.8 Å². The molecule has 1 aliphatic rings. The number of nitrogens with one attached hydrogen (secondary N) is 2. The lowest BCUT2D eigenvalue weighted by molar-refractivity contribution is -0.133. The first-order valence-corrected chi connectivity index (χ1v) is 8.16. The number of anilines is 1. The average molecular weight is 353 g/mol. The summed E-state index contributed by atoms with van der Waals surface area (Å²) in [6, 6.07) is 15.1. The van der Waals surface area contributed by atoms with Crippen molar-refractivity contribution in [3.05, 3.63) is 60.2 Å². The molecule has 3 rings (SSSR count). The summed E-state index contributed by atoms with van der Waals surface area (Å²) in [4.78, 5) is 37.7. The Hall–Kier alpha value is -3.35. The van der Waals surface area contributed by atoms with Crippen LogP contribution < -0.4 is 15.4 Å². The molecular formula is C19H19N3O4.